The summed E-state index contributed by atoms with van der Waals surface area (Å²) < 4.78 is 10.4. The Hall–Kier alpha value is -0.0800. The maximum Gasteiger partial charge on any atom is 0.0812 e. The second-order valence-corrected chi connectivity index (χ2v) is 2.60. The lowest BCUT2D eigenvalue weighted by molar-refractivity contribution is 0.00553. The first-order valence-electron chi connectivity index (χ1n) is 3.47. The van der Waals surface area contributed by atoms with Crippen LogP contribution in [0.15, 0.2) is 0 Å². The lowest BCUT2D eigenvalue weighted by Crippen LogP contribution is -2.14. The van der Waals surface area contributed by atoms with Gasteiger partial charge in [-0.2, -0.15) is 0 Å². The van der Waals surface area contributed by atoms with Crippen LogP contribution in [-0.2, 0) is 9.47 Å². The summed E-state index contributed by atoms with van der Waals surface area (Å²) >= 11 is 0. The number of rotatable bonds is 2. The first kappa shape index (κ1) is 7.03. The van der Waals surface area contributed by atoms with Crippen LogP contribution in [0, 0.1) is 0 Å². The molecule has 0 saturated carbocycles. The van der Waals surface area contributed by atoms with E-state index in [9.17, 15) is 0 Å². The van der Waals surface area contributed by atoms with Crippen molar-refractivity contribution in [1.29, 1.82) is 0 Å². The van der Waals surface area contributed by atoms with Gasteiger partial charge in [0.1, 0.15) is 0 Å². The minimum atomic E-state index is 0.366. The van der Waals surface area contributed by atoms with Crippen molar-refractivity contribution in [2.45, 2.75) is 32.0 Å². The van der Waals surface area contributed by atoms with Gasteiger partial charge >= 0.3 is 0 Å². The van der Waals surface area contributed by atoms with Crippen molar-refractivity contribution in [2.75, 3.05) is 13.7 Å². The van der Waals surface area contributed by atoms with E-state index in [1.807, 2.05) is 0 Å². The molecule has 9 heavy (non-hydrogen) atoms. The van der Waals surface area contributed by atoms with E-state index in [0.29, 0.717) is 12.2 Å². The summed E-state index contributed by atoms with van der Waals surface area (Å²) in [5, 5.41) is 0. The van der Waals surface area contributed by atoms with Crippen LogP contribution in [0.2, 0.25) is 0 Å². The van der Waals surface area contributed by atoms with E-state index in [-0.39, 0.29) is 0 Å². The quantitative estimate of drug-likeness (QED) is 0.559. The van der Waals surface area contributed by atoms with Crippen LogP contribution in [0.4, 0.5) is 0 Å². The fraction of sp³-hybridized carbons (Fsp3) is 1.00. The van der Waals surface area contributed by atoms with Crippen molar-refractivity contribution in [2.24, 2.45) is 0 Å². The molecule has 0 spiro atoms. The van der Waals surface area contributed by atoms with Crippen LogP contribution in [0.1, 0.15) is 19.8 Å². The molecule has 2 heteroatoms. The average Bonchev–Trinajstić information content (AvgIpc) is 2.17. The van der Waals surface area contributed by atoms with Crippen molar-refractivity contribution < 1.29 is 9.47 Å². The van der Waals surface area contributed by atoms with Gasteiger partial charge in [0, 0.05) is 7.11 Å². The molecular weight excluding hydrogens is 116 g/mol. The van der Waals surface area contributed by atoms with Gasteiger partial charge in [-0.05, 0) is 19.8 Å². The van der Waals surface area contributed by atoms with Crippen molar-refractivity contribution in [3.05, 3.63) is 0 Å². The molecule has 0 aromatic carbocycles. The molecule has 0 radical (unpaired) electrons. The highest BCUT2D eigenvalue weighted by molar-refractivity contribution is 4.69. The minimum Gasteiger partial charge on any atom is -0.382 e. The van der Waals surface area contributed by atoms with Crippen molar-refractivity contribution in [3.63, 3.8) is 0 Å². The molecule has 1 aliphatic heterocycles. The molecule has 2 atom stereocenters. The third-order valence-electron chi connectivity index (χ3n) is 1.67. The van der Waals surface area contributed by atoms with Gasteiger partial charge in [0.2, 0.25) is 0 Å². The molecule has 1 aliphatic rings. The third-order valence-corrected chi connectivity index (χ3v) is 1.67. The van der Waals surface area contributed by atoms with Gasteiger partial charge in [-0.1, -0.05) is 0 Å². The normalized spacial score (nSPS) is 35.3. The number of hydrogen-bond donors (Lipinski definition) is 0. The number of hydrogen-bond acceptors (Lipinski definition) is 2. The summed E-state index contributed by atoms with van der Waals surface area (Å²) in [6.07, 6.45) is 3.17. The Morgan fingerprint density at radius 1 is 1.56 bits per heavy atom. The van der Waals surface area contributed by atoms with Crippen molar-refractivity contribution in [1.82, 2.24) is 0 Å². The van der Waals surface area contributed by atoms with Gasteiger partial charge in [0.15, 0.2) is 0 Å². The molecule has 54 valence electrons. The summed E-state index contributed by atoms with van der Waals surface area (Å²) in [5.74, 6) is 0. The Morgan fingerprint density at radius 2 is 2.33 bits per heavy atom. The fourth-order valence-corrected chi connectivity index (χ4v) is 1.19. The monoisotopic (exact) mass is 130 g/mol. The molecule has 0 aliphatic carbocycles. The second kappa shape index (κ2) is 3.18. The van der Waals surface area contributed by atoms with Crippen LogP contribution in [-0.4, -0.2) is 25.9 Å². The molecule has 2 nitrogen and oxygen atoms in total. The lowest BCUT2D eigenvalue weighted by Gasteiger charge is -2.08. The maximum absolute atomic E-state index is 5.48. The SMILES string of the molecule is COCC1CC[C@H](C)O1. The van der Waals surface area contributed by atoms with E-state index in [1.165, 1.54) is 6.42 Å². The molecule has 0 aromatic rings. The Kier molecular flexibility index (Phi) is 2.49. The number of ether oxygens (including phenoxy) is 2. The largest absolute Gasteiger partial charge is 0.382 e. The standard InChI is InChI=1S/C7H14O2/c1-6-3-4-7(9-6)5-8-2/h6-7H,3-5H2,1-2H3/t6-,7?/m0/s1. The predicted octanol–water partition coefficient (Wildman–Crippen LogP) is 1.20. The van der Waals surface area contributed by atoms with Crippen LogP contribution in [0.3, 0.4) is 0 Å². The molecule has 0 amide bonds. The Morgan fingerprint density at radius 3 is 2.78 bits per heavy atom. The van der Waals surface area contributed by atoms with Gasteiger partial charge in [0.25, 0.3) is 0 Å². The van der Waals surface area contributed by atoms with E-state index in [1.54, 1.807) is 7.11 Å². The highest BCUT2D eigenvalue weighted by atomic mass is 16.5. The molecule has 0 aromatic heterocycles. The van der Waals surface area contributed by atoms with Gasteiger partial charge < -0.3 is 9.47 Å². The molecule has 1 saturated heterocycles. The summed E-state index contributed by atoms with van der Waals surface area (Å²) in [5.41, 5.74) is 0. The zero-order chi connectivity index (χ0) is 6.69. The summed E-state index contributed by atoms with van der Waals surface area (Å²) in [7, 11) is 1.71. The highest BCUT2D eigenvalue weighted by Gasteiger charge is 2.20. The molecule has 0 N–H and O–H groups in total. The van der Waals surface area contributed by atoms with Crippen LogP contribution < -0.4 is 0 Å². The van der Waals surface area contributed by atoms with E-state index in [0.717, 1.165) is 13.0 Å². The van der Waals surface area contributed by atoms with Crippen molar-refractivity contribution >= 4 is 0 Å². The second-order valence-electron chi connectivity index (χ2n) is 2.60. The van der Waals surface area contributed by atoms with Crippen LogP contribution in [0.25, 0.3) is 0 Å². The Labute approximate surface area is 56.2 Å². The van der Waals surface area contributed by atoms with E-state index >= 15 is 0 Å². The maximum atomic E-state index is 5.48. The van der Waals surface area contributed by atoms with Crippen molar-refractivity contribution in [3.8, 4) is 0 Å². The molecular formula is C7H14O2. The zero-order valence-electron chi connectivity index (χ0n) is 6.09. The molecule has 1 unspecified atom stereocenters. The average molecular weight is 130 g/mol. The Bertz CT molecular complexity index is 81.0. The van der Waals surface area contributed by atoms with Gasteiger partial charge in [0.05, 0.1) is 18.8 Å². The summed E-state index contributed by atoms with van der Waals surface area (Å²) in [6.45, 7) is 2.86. The van der Waals surface area contributed by atoms with Gasteiger partial charge in [-0.15, -0.1) is 0 Å². The van der Waals surface area contributed by atoms with E-state index < -0.39 is 0 Å². The number of methoxy groups -OCH3 is 1. The van der Waals surface area contributed by atoms with Gasteiger partial charge in [-0.25, -0.2) is 0 Å². The van der Waals surface area contributed by atoms with Gasteiger partial charge in [-0.3, -0.25) is 0 Å². The third kappa shape index (κ3) is 1.95. The smallest absolute Gasteiger partial charge is 0.0812 e. The Balaban J connectivity index is 2.14. The van der Waals surface area contributed by atoms with Crippen LogP contribution >= 0.6 is 0 Å². The highest BCUT2D eigenvalue weighted by Crippen LogP contribution is 2.18. The summed E-state index contributed by atoms with van der Waals surface area (Å²) in [6, 6.07) is 0. The minimum absolute atomic E-state index is 0.366. The molecule has 0 bridgehead atoms. The molecule has 1 fully saturated rings. The first-order valence-corrected chi connectivity index (χ1v) is 3.47. The predicted molar refractivity (Wildman–Crippen MR) is 35.4 cm³/mol. The van der Waals surface area contributed by atoms with E-state index in [4.69, 9.17) is 9.47 Å². The lowest BCUT2D eigenvalue weighted by atomic mass is 10.2. The fourth-order valence-electron chi connectivity index (χ4n) is 1.19. The zero-order valence-corrected chi connectivity index (χ0v) is 6.09. The molecule has 1 heterocycles. The molecule has 1 rings (SSSR count). The topological polar surface area (TPSA) is 18.5 Å². The van der Waals surface area contributed by atoms with E-state index in [2.05, 4.69) is 6.92 Å². The first-order chi connectivity index (χ1) is 4.33. The summed E-state index contributed by atoms with van der Waals surface area (Å²) in [4.78, 5) is 0. The van der Waals surface area contributed by atoms with Crippen LogP contribution in [0.5, 0.6) is 0 Å².